The predicted octanol–water partition coefficient (Wildman–Crippen LogP) is 2.98. The van der Waals surface area contributed by atoms with Crippen LogP contribution in [0.3, 0.4) is 0 Å². The first kappa shape index (κ1) is 17.6. The van der Waals surface area contributed by atoms with Crippen molar-refractivity contribution in [1.82, 2.24) is 14.8 Å². The monoisotopic (exact) mass is 336 g/mol. The fourth-order valence-electron chi connectivity index (χ4n) is 3.06. The highest BCUT2D eigenvalue weighted by Crippen LogP contribution is 2.12. The molecule has 2 aromatic rings. The molecule has 1 fully saturated rings. The van der Waals surface area contributed by atoms with Crippen molar-refractivity contribution in [2.45, 2.75) is 6.54 Å². The Labute approximate surface area is 151 Å². The summed E-state index contributed by atoms with van der Waals surface area (Å²) in [5.74, 6) is 1.01. The van der Waals surface area contributed by atoms with Crippen molar-refractivity contribution in [3.63, 3.8) is 0 Å². The number of anilines is 1. The first-order chi connectivity index (χ1) is 12.2. The van der Waals surface area contributed by atoms with E-state index < -0.39 is 0 Å². The van der Waals surface area contributed by atoms with E-state index in [0.29, 0.717) is 0 Å². The summed E-state index contributed by atoms with van der Waals surface area (Å²) < 4.78 is 0. The molecular weight excluding hydrogens is 308 g/mol. The SMILES string of the molecule is CN(C)c1ccc(CN2CCN(CC=Cc3ccccc3)CC2)cn1. The molecule has 0 unspecified atom stereocenters. The van der Waals surface area contributed by atoms with Gasteiger partial charge in [-0.3, -0.25) is 9.80 Å². The summed E-state index contributed by atoms with van der Waals surface area (Å²) in [5, 5.41) is 0. The van der Waals surface area contributed by atoms with E-state index in [-0.39, 0.29) is 0 Å². The molecule has 0 saturated carbocycles. The van der Waals surface area contributed by atoms with Gasteiger partial charge >= 0.3 is 0 Å². The Morgan fingerprint density at radius 3 is 2.32 bits per heavy atom. The van der Waals surface area contributed by atoms with E-state index in [2.05, 4.69) is 69.4 Å². The van der Waals surface area contributed by atoms with Crippen LogP contribution in [-0.2, 0) is 6.54 Å². The third-order valence-corrected chi connectivity index (χ3v) is 4.61. The number of pyridine rings is 1. The van der Waals surface area contributed by atoms with Crippen LogP contribution in [-0.4, -0.2) is 61.6 Å². The number of hydrogen-bond donors (Lipinski definition) is 0. The molecule has 0 N–H and O–H groups in total. The molecule has 4 nitrogen and oxygen atoms in total. The number of piperazine rings is 1. The first-order valence-corrected chi connectivity index (χ1v) is 8.99. The molecule has 0 aliphatic carbocycles. The summed E-state index contributed by atoms with van der Waals surface area (Å²) in [6.45, 7) is 6.52. The van der Waals surface area contributed by atoms with Gasteiger partial charge in [-0.2, -0.15) is 0 Å². The molecule has 0 radical (unpaired) electrons. The minimum Gasteiger partial charge on any atom is -0.363 e. The average Bonchev–Trinajstić information content (AvgIpc) is 2.64. The number of nitrogens with zero attached hydrogens (tertiary/aromatic N) is 4. The van der Waals surface area contributed by atoms with Crippen molar-refractivity contribution in [3.05, 3.63) is 65.9 Å². The van der Waals surface area contributed by atoms with Gasteiger partial charge in [-0.25, -0.2) is 4.98 Å². The maximum Gasteiger partial charge on any atom is 0.127 e. The second-order valence-corrected chi connectivity index (χ2v) is 6.81. The molecule has 0 bridgehead atoms. The van der Waals surface area contributed by atoms with Crippen molar-refractivity contribution in [2.75, 3.05) is 51.7 Å². The minimum absolute atomic E-state index is 0.994. The number of hydrogen-bond acceptors (Lipinski definition) is 4. The van der Waals surface area contributed by atoms with Gasteiger partial charge in [0.25, 0.3) is 0 Å². The van der Waals surface area contributed by atoms with Crippen LogP contribution in [0.2, 0.25) is 0 Å². The van der Waals surface area contributed by atoms with Gasteiger partial charge in [-0.05, 0) is 17.2 Å². The molecule has 4 heteroatoms. The Morgan fingerprint density at radius 1 is 0.960 bits per heavy atom. The van der Waals surface area contributed by atoms with Gasteiger partial charge in [-0.1, -0.05) is 48.6 Å². The van der Waals surface area contributed by atoms with Gasteiger partial charge in [0.1, 0.15) is 5.82 Å². The Balaban J connectivity index is 1.42. The second kappa shape index (κ2) is 8.79. The molecule has 0 spiro atoms. The number of aromatic nitrogens is 1. The van der Waals surface area contributed by atoms with Gasteiger partial charge in [-0.15, -0.1) is 0 Å². The summed E-state index contributed by atoms with van der Waals surface area (Å²) in [5.41, 5.74) is 2.57. The normalized spacial score (nSPS) is 16.4. The maximum atomic E-state index is 4.51. The molecule has 0 amide bonds. The van der Waals surface area contributed by atoms with Crippen molar-refractivity contribution < 1.29 is 0 Å². The van der Waals surface area contributed by atoms with E-state index in [1.807, 2.05) is 25.2 Å². The van der Waals surface area contributed by atoms with Crippen LogP contribution in [0.4, 0.5) is 5.82 Å². The van der Waals surface area contributed by atoms with Crippen molar-refractivity contribution >= 4 is 11.9 Å². The van der Waals surface area contributed by atoms with Crippen LogP contribution in [0, 0.1) is 0 Å². The molecule has 1 saturated heterocycles. The minimum atomic E-state index is 0.994. The smallest absolute Gasteiger partial charge is 0.127 e. The fourth-order valence-corrected chi connectivity index (χ4v) is 3.06. The molecule has 25 heavy (non-hydrogen) atoms. The Kier molecular flexibility index (Phi) is 6.20. The molecule has 3 rings (SSSR count). The highest BCUT2D eigenvalue weighted by Gasteiger charge is 2.16. The lowest BCUT2D eigenvalue weighted by atomic mass is 10.2. The van der Waals surface area contributed by atoms with Crippen molar-refractivity contribution in [3.8, 4) is 0 Å². The maximum absolute atomic E-state index is 4.51. The van der Waals surface area contributed by atoms with E-state index in [4.69, 9.17) is 0 Å². The molecule has 1 aliphatic heterocycles. The Hall–Kier alpha value is -2.17. The molecule has 1 aromatic carbocycles. The van der Waals surface area contributed by atoms with E-state index >= 15 is 0 Å². The van der Waals surface area contributed by atoms with E-state index in [1.54, 1.807) is 0 Å². The largest absolute Gasteiger partial charge is 0.363 e. The van der Waals surface area contributed by atoms with Crippen LogP contribution in [0.25, 0.3) is 6.08 Å². The van der Waals surface area contributed by atoms with Crippen molar-refractivity contribution in [2.24, 2.45) is 0 Å². The molecular formula is C21H28N4. The topological polar surface area (TPSA) is 22.6 Å². The lowest BCUT2D eigenvalue weighted by Gasteiger charge is -2.34. The first-order valence-electron chi connectivity index (χ1n) is 8.99. The van der Waals surface area contributed by atoms with Crippen LogP contribution in [0.15, 0.2) is 54.7 Å². The Bertz CT molecular complexity index is 656. The summed E-state index contributed by atoms with van der Waals surface area (Å²) in [7, 11) is 4.04. The zero-order chi connectivity index (χ0) is 17.5. The van der Waals surface area contributed by atoms with E-state index in [1.165, 1.54) is 11.1 Å². The van der Waals surface area contributed by atoms with Gasteiger partial charge in [0.15, 0.2) is 0 Å². The van der Waals surface area contributed by atoms with Gasteiger partial charge < -0.3 is 4.90 Å². The van der Waals surface area contributed by atoms with Crippen LogP contribution in [0.1, 0.15) is 11.1 Å². The van der Waals surface area contributed by atoms with Gasteiger partial charge in [0, 0.05) is 59.6 Å². The highest BCUT2D eigenvalue weighted by molar-refractivity contribution is 5.48. The number of rotatable bonds is 6. The summed E-state index contributed by atoms with van der Waals surface area (Å²) in [6.07, 6.45) is 6.49. The third kappa shape index (κ3) is 5.41. The highest BCUT2D eigenvalue weighted by atomic mass is 15.3. The van der Waals surface area contributed by atoms with E-state index in [9.17, 15) is 0 Å². The summed E-state index contributed by atoms with van der Waals surface area (Å²) in [4.78, 5) is 11.6. The van der Waals surface area contributed by atoms with Gasteiger partial charge in [0.05, 0.1) is 0 Å². The Morgan fingerprint density at radius 2 is 1.68 bits per heavy atom. The van der Waals surface area contributed by atoms with Gasteiger partial charge in [0.2, 0.25) is 0 Å². The molecule has 132 valence electrons. The predicted molar refractivity (Wildman–Crippen MR) is 106 cm³/mol. The molecule has 2 heterocycles. The lowest BCUT2D eigenvalue weighted by molar-refractivity contribution is 0.137. The summed E-state index contributed by atoms with van der Waals surface area (Å²) >= 11 is 0. The van der Waals surface area contributed by atoms with Crippen LogP contribution >= 0.6 is 0 Å². The summed E-state index contributed by atoms with van der Waals surface area (Å²) in [6, 6.07) is 14.8. The standard InChI is InChI=1S/C21H28N4/c1-23(2)21-11-10-20(17-22-21)18-25-15-13-24(14-16-25)12-6-9-19-7-4-3-5-8-19/h3-11,17H,12-16,18H2,1-2H3. The zero-order valence-electron chi connectivity index (χ0n) is 15.3. The zero-order valence-corrected chi connectivity index (χ0v) is 15.3. The van der Waals surface area contributed by atoms with Crippen LogP contribution < -0.4 is 4.90 Å². The lowest BCUT2D eigenvalue weighted by Crippen LogP contribution is -2.45. The third-order valence-electron chi connectivity index (χ3n) is 4.61. The second-order valence-electron chi connectivity index (χ2n) is 6.81. The number of benzene rings is 1. The molecule has 1 aromatic heterocycles. The average molecular weight is 336 g/mol. The molecule has 0 atom stereocenters. The fraction of sp³-hybridized carbons (Fsp3) is 0.381. The molecule has 1 aliphatic rings. The van der Waals surface area contributed by atoms with E-state index in [0.717, 1.165) is 45.1 Å². The van der Waals surface area contributed by atoms with Crippen molar-refractivity contribution in [1.29, 1.82) is 0 Å². The quantitative estimate of drug-likeness (QED) is 0.809. The van der Waals surface area contributed by atoms with Crippen LogP contribution in [0.5, 0.6) is 0 Å².